The molecule has 1 aliphatic rings. The van der Waals surface area contributed by atoms with E-state index in [-0.39, 0.29) is 6.04 Å². The van der Waals surface area contributed by atoms with Crippen molar-refractivity contribution in [3.8, 4) is 5.69 Å². The molecule has 5 rings (SSSR count). The molecule has 0 unspecified atom stereocenters. The second-order valence-corrected chi connectivity index (χ2v) is 7.74. The van der Waals surface area contributed by atoms with Crippen molar-refractivity contribution in [2.24, 2.45) is 5.73 Å². The van der Waals surface area contributed by atoms with E-state index in [0.29, 0.717) is 11.7 Å². The lowest BCUT2D eigenvalue weighted by Crippen LogP contribution is -2.26. The molecule has 7 heteroatoms. The Morgan fingerprint density at radius 3 is 2.41 bits per heavy atom. The third-order valence-electron chi connectivity index (χ3n) is 5.83. The number of aromatic nitrogens is 4. The van der Waals surface area contributed by atoms with Gasteiger partial charge >= 0.3 is 0 Å². The second-order valence-electron chi connectivity index (χ2n) is 7.74. The highest BCUT2D eigenvalue weighted by Crippen LogP contribution is 2.41. The molecule has 0 amide bonds. The lowest BCUT2D eigenvalue weighted by atomic mass is 9.81. The van der Waals surface area contributed by atoms with Crippen LogP contribution in [0.25, 0.3) is 11.3 Å². The first kappa shape index (κ1) is 17.8. The quantitative estimate of drug-likeness (QED) is 0.494. The molecule has 1 fully saturated rings. The molecule has 3 aromatic heterocycles. The molecule has 29 heavy (non-hydrogen) atoms. The smallest absolute Gasteiger partial charge is 0.177 e. The van der Waals surface area contributed by atoms with E-state index in [2.05, 4.69) is 44.2 Å². The third-order valence-corrected chi connectivity index (χ3v) is 5.83. The van der Waals surface area contributed by atoms with E-state index < -0.39 is 0 Å². The van der Waals surface area contributed by atoms with Crippen molar-refractivity contribution in [3.05, 3.63) is 66.7 Å². The Balaban J connectivity index is 1.53. The SMILES string of the molecule is Nc1nn2ccnc2c(Nc2ccc(-n3cccc3)cc2)c1[C@H]1CC[C@H](N)CC1. The van der Waals surface area contributed by atoms with Crippen molar-refractivity contribution in [2.75, 3.05) is 11.1 Å². The van der Waals surface area contributed by atoms with E-state index in [4.69, 9.17) is 11.5 Å². The minimum atomic E-state index is 0.285. The van der Waals surface area contributed by atoms with E-state index in [1.165, 1.54) is 0 Å². The van der Waals surface area contributed by atoms with Gasteiger partial charge in [-0.2, -0.15) is 0 Å². The topological polar surface area (TPSA) is 99.2 Å². The van der Waals surface area contributed by atoms with Crippen molar-refractivity contribution < 1.29 is 0 Å². The fraction of sp³-hybridized carbons (Fsp3) is 0.273. The van der Waals surface area contributed by atoms with Crippen LogP contribution in [0.3, 0.4) is 0 Å². The number of nitrogens with two attached hydrogens (primary N) is 2. The number of benzene rings is 1. The van der Waals surface area contributed by atoms with E-state index in [9.17, 15) is 0 Å². The molecule has 0 saturated heterocycles. The number of nitrogen functional groups attached to an aromatic ring is 1. The molecular weight excluding hydrogens is 362 g/mol. The molecule has 0 radical (unpaired) electrons. The highest BCUT2D eigenvalue weighted by atomic mass is 15.3. The van der Waals surface area contributed by atoms with Crippen LogP contribution in [0.1, 0.15) is 37.2 Å². The maximum absolute atomic E-state index is 6.42. The normalized spacial score (nSPS) is 19.5. The van der Waals surface area contributed by atoms with Gasteiger partial charge in [-0.05, 0) is 68.0 Å². The highest BCUT2D eigenvalue weighted by Gasteiger charge is 2.27. The van der Waals surface area contributed by atoms with Crippen LogP contribution < -0.4 is 16.8 Å². The summed E-state index contributed by atoms with van der Waals surface area (Å²) in [6.45, 7) is 0. The van der Waals surface area contributed by atoms with Crippen molar-refractivity contribution in [3.63, 3.8) is 0 Å². The standard InChI is InChI=1S/C22H25N7/c23-16-5-3-15(4-6-16)19-20(22-25-11-14-29(22)27-21(19)24)26-17-7-9-18(10-8-17)28-12-1-2-13-28/h1-2,7-16,26H,3-6,23H2,(H2,24,27)/t15-,16-. The van der Waals surface area contributed by atoms with Crippen molar-refractivity contribution >= 4 is 22.8 Å². The minimum absolute atomic E-state index is 0.285. The largest absolute Gasteiger partial charge is 0.382 e. The van der Waals surface area contributed by atoms with Crippen molar-refractivity contribution in [1.29, 1.82) is 0 Å². The maximum Gasteiger partial charge on any atom is 0.177 e. The molecule has 1 saturated carbocycles. The molecule has 7 nitrogen and oxygen atoms in total. The van der Waals surface area contributed by atoms with Crippen LogP contribution >= 0.6 is 0 Å². The number of nitrogens with one attached hydrogen (secondary N) is 1. The average Bonchev–Trinajstić information content (AvgIpc) is 3.42. The molecule has 1 aliphatic carbocycles. The summed E-state index contributed by atoms with van der Waals surface area (Å²) in [5.74, 6) is 0.896. The van der Waals surface area contributed by atoms with Crippen LogP contribution in [-0.4, -0.2) is 25.2 Å². The van der Waals surface area contributed by atoms with Gasteiger partial charge in [0.25, 0.3) is 0 Å². The van der Waals surface area contributed by atoms with E-state index in [1.807, 2.05) is 30.7 Å². The predicted octanol–water partition coefficient (Wildman–Crippen LogP) is 3.83. The van der Waals surface area contributed by atoms with E-state index in [1.54, 1.807) is 10.7 Å². The maximum atomic E-state index is 6.42. The monoisotopic (exact) mass is 387 g/mol. The Bertz CT molecular complexity index is 1100. The van der Waals surface area contributed by atoms with Gasteiger partial charge in [0.05, 0.1) is 5.69 Å². The van der Waals surface area contributed by atoms with Gasteiger partial charge in [-0.15, -0.1) is 5.10 Å². The Labute approximate surface area is 169 Å². The first-order chi connectivity index (χ1) is 14.2. The van der Waals surface area contributed by atoms with E-state index in [0.717, 1.165) is 54.0 Å². The number of imidazole rings is 1. The Kier molecular flexibility index (Phi) is 4.44. The van der Waals surface area contributed by atoms with Gasteiger partial charge in [0.1, 0.15) is 5.82 Å². The molecule has 148 valence electrons. The molecule has 0 spiro atoms. The van der Waals surface area contributed by atoms with Gasteiger partial charge in [0.2, 0.25) is 0 Å². The molecule has 4 aromatic rings. The number of nitrogens with zero attached hydrogens (tertiary/aromatic N) is 4. The first-order valence-corrected chi connectivity index (χ1v) is 10.1. The summed E-state index contributed by atoms with van der Waals surface area (Å²) in [4.78, 5) is 4.54. The van der Waals surface area contributed by atoms with Crippen LogP contribution in [0.5, 0.6) is 0 Å². The molecule has 5 N–H and O–H groups in total. The summed E-state index contributed by atoms with van der Waals surface area (Å²) in [5, 5.41) is 8.12. The molecule has 0 atom stereocenters. The number of rotatable bonds is 4. The van der Waals surface area contributed by atoms with Gasteiger partial charge in [-0.1, -0.05) is 0 Å². The summed E-state index contributed by atoms with van der Waals surface area (Å²) in [5.41, 5.74) is 17.4. The van der Waals surface area contributed by atoms with Gasteiger partial charge in [0.15, 0.2) is 5.65 Å². The van der Waals surface area contributed by atoms with Crippen LogP contribution in [0.2, 0.25) is 0 Å². The fourth-order valence-electron chi connectivity index (χ4n) is 4.29. The lowest BCUT2D eigenvalue weighted by molar-refractivity contribution is 0.396. The zero-order valence-electron chi connectivity index (χ0n) is 16.2. The highest BCUT2D eigenvalue weighted by molar-refractivity contribution is 5.80. The lowest BCUT2D eigenvalue weighted by Gasteiger charge is -2.28. The summed E-state index contributed by atoms with van der Waals surface area (Å²) < 4.78 is 3.82. The fourth-order valence-corrected chi connectivity index (χ4v) is 4.29. The van der Waals surface area contributed by atoms with Gasteiger partial charge < -0.3 is 21.4 Å². The van der Waals surface area contributed by atoms with Gasteiger partial charge in [-0.3, -0.25) is 0 Å². The number of fused-ring (bicyclic) bond motifs is 1. The van der Waals surface area contributed by atoms with Crippen LogP contribution in [0, 0.1) is 0 Å². The minimum Gasteiger partial charge on any atom is -0.382 e. The Morgan fingerprint density at radius 2 is 1.69 bits per heavy atom. The number of anilines is 3. The van der Waals surface area contributed by atoms with Crippen LogP contribution in [0.15, 0.2) is 61.2 Å². The predicted molar refractivity (Wildman–Crippen MR) is 116 cm³/mol. The third kappa shape index (κ3) is 3.34. The van der Waals surface area contributed by atoms with E-state index >= 15 is 0 Å². The molecule has 1 aromatic carbocycles. The Hall–Kier alpha value is -3.32. The molecule has 0 bridgehead atoms. The molecular formula is C22H25N7. The average molecular weight is 387 g/mol. The zero-order valence-corrected chi connectivity index (χ0v) is 16.2. The van der Waals surface area contributed by atoms with Gasteiger partial charge in [-0.25, -0.2) is 9.50 Å². The second kappa shape index (κ2) is 7.25. The Morgan fingerprint density at radius 1 is 0.966 bits per heavy atom. The van der Waals surface area contributed by atoms with Crippen molar-refractivity contribution in [1.82, 2.24) is 19.2 Å². The van der Waals surface area contributed by atoms with Crippen LogP contribution in [-0.2, 0) is 0 Å². The van der Waals surface area contributed by atoms with Gasteiger partial charge in [0, 0.05) is 47.8 Å². The summed E-state index contributed by atoms with van der Waals surface area (Å²) >= 11 is 0. The summed E-state index contributed by atoms with van der Waals surface area (Å²) in [6, 6.07) is 12.7. The summed E-state index contributed by atoms with van der Waals surface area (Å²) in [6.07, 6.45) is 11.7. The number of hydrogen-bond donors (Lipinski definition) is 3. The molecule has 3 heterocycles. The molecule has 0 aliphatic heterocycles. The number of hydrogen-bond acceptors (Lipinski definition) is 5. The van der Waals surface area contributed by atoms with Crippen molar-refractivity contribution in [2.45, 2.75) is 37.6 Å². The summed E-state index contributed by atoms with van der Waals surface area (Å²) in [7, 11) is 0. The first-order valence-electron chi connectivity index (χ1n) is 10.1. The van der Waals surface area contributed by atoms with Crippen LogP contribution in [0.4, 0.5) is 17.2 Å². The zero-order chi connectivity index (χ0) is 19.8.